The first-order chi connectivity index (χ1) is 45.9. The molecule has 0 spiro atoms. The molecular weight excluding hydrogens is 1340 g/mol. The van der Waals surface area contributed by atoms with Gasteiger partial charge in [0.25, 0.3) is 0 Å². The van der Waals surface area contributed by atoms with Crippen molar-refractivity contribution in [2.45, 2.75) is 338 Å². The van der Waals surface area contributed by atoms with Crippen molar-refractivity contribution in [3.8, 4) is 0 Å². The van der Waals surface area contributed by atoms with E-state index in [0.29, 0.717) is 78.5 Å². The second kappa shape index (κ2) is 66.2. The van der Waals surface area contributed by atoms with E-state index in [1.165, 1.54) is 0 Å². The Hall–Kier alpha value is -3.04. The molecule has 4 unspecified atom stereocenters. The van der Waals surface area contributed by atoms with Gasteiger partial charge in [0.2, 0.25) is 46.3 Å². The first-order valence-electron chi connectivity index (χ1n) is 36.5. The number of Topliss-reactive ketones (excluding diaryl/α,β-unsaturated/α-hetero) is 4. The number of carbonyl (C=O) groups is 8. The molecule has 25 heteroatoms. The van der Waals surface area contributed by atoms with Crippen LogP contribution in [-0.4, -0.2) is 174 Å². The van der Waals surface area contributed by atoms with E-state index >= 15 is 0 Å². The van der Waals surface area contributed by atoms with Gasteiger partial charge in [-0.25, -0.2) is 0 Å². The number of hydrogen-bond donors (Lipinski definition) is 0. The Bertz CT molecular complexity index is 1660. The monoisotopic (exact) mass is 1470 g/mol. The average molecular weight is 1470 g/mol. The number of carbonyl (C=O) groups excluding carboxylic acids is 8. The maximum atomic E-state index is 12.8. The van der Waals surface area contributed by atoms with E-state index < -0.39 is 94.6 Å². The average Bonchev–Trinajstić information content (AvgIpc) is 0.851. The van der Waals surface area contributed by atoms with Gasteiger partial charge in [-0.05, 0) is 77.0 Å². The molecule has 0 aromatic carbocycles. The standard InChI is InChI=1S/4C18H34O6.Zr/c4*1-5-9-12-22-15(17(20)21)16(19)18(8-4,23-13-10-6-2)24-14-11-7-3;/h4*15H,5-14H2,1-4H3,(H,20,21);/q;;;;+4/p-4. The van der Waals surface area contributed by atoms with Crippen LogP contribution in [0.5, 0.6) is 0 Å². The molecule has 97 heavy (non-hydrogen) atoms. The molecule has 0 aromatic heterocycles. The number of ketones is 4. The van der Waals surface area contributed by atoms with Gasteiger partial charge in [-0.1, -0.05) is 188 Å². The normalized spacial score (nSPS) is 12.9. The number of aliphatic carboxylic acids is 4. The minimum absolute atomic E-state index is 0. The molecule has 0 aliphatic heterocycles. The molecule has 0 aromatic rings. The number of carboxylic acid groups (broad SMARTS) is 4. The van der Waals surface area contributed by atoms with E-state index in [4.69, 9.17) is 56.8 Å². The summed E-state index contributed by atoms with van der Waals surface area (Å²) in [4.78, 5) is 96.9. The van der Waals surface area contributed by atoms with E-state index in [-0.39, 0.29) is 78.3 Å². The molecular formula is C72H132O24Zr. The van der Waals surface area contributed by atoms with Crippen LogP contribution in [0.2, 0.25) is 0 Å². The van der Waals surface area contributed by atoms with E-state index in [1.807, 2.05) is 83.1 Å². The van der Waals surface area contributed by atoms with Crippen LogP contribution in [0.25, 0.3) is 0 Å². The molecule has 0 saturated heterocycles. The third-order valence-electron chi connectivity index (χ3n) is 15.0. The molecule has 0 amide bonds. The summed E-state index contributed by atoms with van der Waals surface area (Å²) in [6.45, 7) is 34.3. The summed E-state index contributed by atoms with van der Waals surface area (Å²) in [6.07, 6.45) is 13.6. The van der Waals surface area contributed by atoms with E-state index in [9.17, 15) is 58.8 Å². The minimum Gasteiger partial charge on any atom is -0.547 e. The van der Waals surface area contributed by atoms with Crippen molar-refractivity contribution in [1.82, 2.24) is 0 Å². The molecule has 0 N–H and O–H groups in total. The smallest absolute Gasteiger partial charge is 0.547 e. The molecule has 0 rings (SSSR count). The predicted octanol–water partition coefficient (Wildman–Crippen LogP) is 8.92. The molecule has 0 radical (unpaired) electrons. The number of unbranched alkanes of at least 4 members (excludes halogenated alkanes) is 12. The molecule has 568 valence electrons. The fraction of sp³-hybridized carbons (Fsp3) is 0.889. The summed E-state index contributed by atoms with van der Waals surface area (Å²) in [5, 5.41) is 45.6. The Morgan fingerprint density at radius 3 is 0.433 bits per heavy atom. The van der Waals surface area contributed by atoms with Gasteiger partial charge in [0, 0.05) is 52.1 Å². The zero-order valence-corrected chi connectivity index (χ0v) is 65.3. The van der Waals surface area contributed by atoms with Crippen LogP contribution in [0, 0.1) is 0 Å². The molecule has 0 aliphatic carbocycles. The number of carboxylic acids is 4. The zero-order chi connectivity index (χ0) is 73.7. The van der Waals surface area contributed by atoms with Crippen LogP contribution in [0.3, 0.4) is 0 Å². The van der Waals surface area contributed by atoms with Gasteiger partial charge in [-0.2, -0.15) is 0 Å². The van der Waals surface area contributed by atoms with E-state index in [2.05, 4.69) is 0 Å². The minimum atomic E-state index is -1.67. The summed E-state index contributed by atoms with van der Waals surface area (Å²) in [5.41, 5.74) is 0. The first-order valence-corrected chi connectivity index (χ1v) is 36.5. The quantitative estimate of drug-likeness (QED) is 0.0311. The summed E-state index contributed by atoms with van der Waals surface area (Å²) < 4.78 is 66.8. The van der Waals surface area contributed by atoms with Crippen molar-refractivity contribution in [3.05, 3.63) is 0 Å². The van der Waals surface area contributed by atoms with Gasteiger partial charge < -0.3 is 96.4 Å². The van der Waals surface area contributed by atoms with E-state index in [1.54, 1.807) is 27.7 Å². The number of hydrogen-bond acceptors (Lipinski definition) is 24. The maximum absolute atomic E-state index is 12.8. The second-order valence-corrected chi connectivity index (χ2v) is 23.2. The van der Waals surface area contributed by atoms with Gasteiger partial charge in [0.1, 0.15) is 0 Å². The third-order valence-corrected chi connectivity index (χ3v) is 15.0. The molecule has 0 saturated carbocycles. The van der Waals surface area contributed by atoms with Crippen LogP contribution >= 0.6 is 0 Å². The van der Waals surface area contributed by atoms with Crippen LogP contribution in [0.4, 0.5) is 0 Å². The van der Waals surface area contributed by atoms with Crippen LogP contribution in [-0.2, 0) is 121 Å². The van der Waals surface area contributed by atoms with Crippen molar-refractivity contribution in [2.24, 2.45) is 0 Å². The molecule has 0 fully saturated rings. The SMILES string of the molecule is CCCCOC(C(=O)[O-])C(=O)C(CC)(OCCCC)OCCCC.CCCCOC(C(=O)[O-])C(=O)C(CC)(OCCCC)OCCCC.CCCCOC(C(=O)[O-])C(=O)C(CC)(OCCCC)OCCCC.CCCCOC(C(=O)[O-])C(=O)C(CC)(OCCCC)OCCCC.[Zr+4]. The molecule has 0 aliphatic rings. The van der Waals surface area contributed by atoms with Gasteiger partial charge in [-0.15, -0.1) is 0 Å². The summed E-state index contributed by atoms with van der Waals surface area (Å²) in [6, 6.07) is 0. The van der Waals surface area contributed by atoms with Crippen molar-refractivity contribution < 1.29 is 142 Å². The Labute approximate surface area is 603 Å². The molecule has 4 atom stereocenters. The van der Waals surface area contributed by atoms with Crippen molar-refractivity contribution in [1.29, 1.82) is 0 Å². The Balaban J connectivity index is -0.000000386. The summed E-state index contributed by atoms with van der Waals surface area (Å²) in [7, 11) is 0. The largest absolute Gasteiger partial charge is 4.00 e. The fourth-order valence-corrected chi connectivity index (χ4v) is 8.48. The van der Waals surface area contributed by atoms with E-state index in [0.717, 1.165) is 128 Å². The Kier molecular flexibility index (Phi) is 70.0. The number of rotatable bonds is 64. The molecule has 0 bridgehead atoms. The van der Waals surface area contributed by atoms with Gasteiger partial charge in [0.15, 0.2) is 24.4 Å². The molecule has 24 nitrogen and oxygen atoms in total. The van der Waals surface area contributed by atoms with Gasteiger partial charge in [-0.3, -0.25) is 19.2 Å². The summed E-state index contributed by atoms with van der Waals surface area (Å²) >= 11 is 0. The maximum Gasteiger partial charge on any atom is 4.00 e. The van der Waals surface area contributed by atoms with Gasteiger partial charge >= 0.3 is 26.2 Å². The van der Waals surface area contributed by atoms with Gasteiger partial charge in [0.05, 0.1) is 76.7 Å². The topological polar surface area (TPSA) is 340 Å². The fourth-order valence-electron chi connectivity index (χ4n) is 8.48. The van der Waals surface area contributed by atoms with Crippen molar-refractivity contribution >= 4 is 47.0 Å². The zero-order valence-electron chi connectivity index (χ0n) is 62.9. The predicted molar refractivity (Wildman–Crippen MR) is 358 cm³/mol. The van der Waals surface area contributed by atoms with Crippen LogP contribution < -0.4 is 20.4 Å². The van der Waals surface area contributed by atoms with Crippen LogP contribution in [0.15, 0.2) is 0 Å². The van der Waals surface area contributed by atoms with Crippen LogP contribution in [0.1, 0.15) is 291 Å². The second-order valence-electron chi connectivity index (χ2n) is 23.2. The number of ether oxygens (including phenoxy) is 12. The first kappa shape index (κ1) is 103. The molecule has 0 heterocycles. The Morgan fingerprint density at radius 1 is 0.227 bits per heavy atom. The van der Waals surface area contributed by atoms with Crippen molar-refractivity contribution in [2.75, 3.05) is 79.3 Å². The Morgan fingerprint density at radius 2 is 0.340 bits per heavy atom. The van der Waals surface area contributed by atoms with Crippen molar-refractivity contribution in [3.63, 3.8) is 0 Å². The summed E-state index contributed by atoms with van der Waals surface area (Å²) in [5.74, 6) is -15.4. The third kappa shape index (κ3) is 43.5.